The lowest BCUT2D eigenvalue weighted by atomic mass is 9.97. The standard InChI is InChI=1S/C17H21N3O2/c1-20(10-7-16-18-8-9-19-16)17(22)12-15(13-21)11-14-5-3-2-4-6-14/h2-6,8-9,13,15H,7,10-12H2,1H3,(H,18,19). The number of nitrogens with one attached hydrogen (secondary N) is 1. The Kier molecular flexibility index (Phi) is 5.89. The van der Waals surface area contributed by atoms with Crippen molar-refractivity contribution >= 4 is 12.2 Å². The summed E-state index contributed by atoms with van der Waals surface area (Å²) in [7, 11) is 1.76. The van der Waals surface area contributed by atoms with Gasteiger partial charge >= 0.3 is 0 Å². The quantitative estimate of drug-likeness (QED) is 0.757. The van der Waals surface area contributed by atoms with Gasteiger partial charge in [-0.1, -0.05) is 30.3 Å². The third-order valence-corrected chi connectivity index (χ3v) is 3.63. The Morgan fingerprint density at radius 2 is 2.14 bits per heavy atom. The van der Waals surface area contributed by atoms with Crippen molar-refractivity contribution < 1.29 is 9.59 Å². The zero-order chi connectivity index (χ0) is 15.8. The molecule has 2 rings (SSSR count). The van der Waals surface area contributed by atoms with Crippen LogP contribution in [0.3, 0.4) is 0 Å². The number of carbonyl (C=O) groups is 2. The maximum absolute atomic E-state index is 12.2. The second-order valence-corrected chi connectivity index (χ2v) is 5.39. The number of aromatic amines is 1. The second kappa shape index (κ2) is 8.12. The van der Waals surface area contributed by atoms with Gasteiger partial charge in [-0.3, -0.25) is 4.79 Å². The van der Waals surface area contributed by atoms with Gasteiger partial charge in [-0.2, -0.15) is 0 Å². The summed E-state index contributed by atoms with van der Waals surface area (Å²) < 4.78 is 0. The van der Waals surface area contributed by atoms with Crippen molar-refractivity contribution in [3.63, 3.8) is 0 Å². The fourth-order valence-corrected chi connectivity index (χ4v) is 2.30. The van der Waals surface area contributed by atoms with E-state index in [-0.39, 0.29) is 18.2 Å². The lowest BCUT2D eigenvalue weighted by Crippen LogP contribution is -2.31. The van der Waals surface area contributed by atoms with Crippen LogP contribution in [0.2, 0.25) is 0 Å². The Morgan fingerprint density at radius 3 is 2.77 bits per heavy atom. The number of aromatic nitrogens is 2. The van der Waals surface area contributed by atoms with Crippen molar-refractivity contribution in [3.8, 4) is 0 Å². The Morgan fingerprint density at radius 1 is 1.36 bits per heavy atom. The number of imidazole rings is 1. The number of amides is 1. The monoisotopic (exact) mass is 299 g/mol. The van der Waals surface area contributed by atoms with Crippen LogP contribution in [0.1, 0.15) is 17.8 Å². The molecule has 0 aliphatic rings. The van der Waals surface area contributed by atoms with Gasteiger partial charge in [0.15, 0.2) is 0 Å². The molecule has 1 amide bonds. The molecule has 0 aliphatic carbocycles. The second-order valence-electron chi connectivity index (χ2n) is 5.39. The molecule has 0 saturated heterocycles. The van der Waals surface area contributed by atoms with E-state index in [0.717, 1.165) is 17.7 Å². The number of rotatable bonds is 8. The van der Waals surface area contributed by atoms with Crippen molar-refractivity contribution in [2.45, 2.75) is 19.3 Å². The largest absolute Gasteiger partial charge is 0.349 e. The molecule has 0 fully saturated rings. The maximum atomic E-state index is 12.2. The summed E-state index contributed by atoms with van der Waals surface area (Å²) in [5, 5.41) is 0. The maximum Gasteiger partial charge on any atom is 0.223 e. The van der Waals surface area contributed by atoms with Crippen molar-refractivity contribution in [2.24, 2.45) is 5.92 Å². The molecule has 1 aromatic carbocycles. The fraction of sp³-hybridized carbons (Fsp3) is 0.353. The molecule has 2 aromatic rings. The van der Waals surface area contributed by atoms with Crippen molar-refractivity contribution in [1.82, 2.24) is 14.9 Å². The summed E-state index contributed by atoms with van der Waals surface area (Å²) >= 11 is 0. The number of benzene rings is 1. The molecule has 0 aliphatic heterocycles. The zero-order valence-corrected chi connectivity index (χ0v) is 12.7. The minimum atomic E-state index is -0.277. The highest BCUT2D eigenvalue weighted by atomic mass is 16.2. The molecule has 1 heterocycles. The Balaban J connectivity index is 1.81. The summed E-state index contributed by atoms with van der Waals surface area (Å²) in [6.07, 6.45) is 5.86. The Hall–Kier alpha value is -2.43. The molecular formula is C17H21N3O2. The summed E-state index contributed by atoms with van der Waals surface area (Å²) in [6.45, 7) is 0.587. The van der Waals surface area contributed by atoms with E-state index in [4.69, 9.17) is 0 Å². The zero-order valence-electron chi connectivity index (χ0n) is 12.7. The third kappa shape index (κ3) is 4.84. The molecule has 1 aromatic heterocycles. The first-order chi connectivity index (χ1) is 10.7. The highest BCUT2D eigenvalue weighted by Crippen LogP contribution is 2.12. The van der Waals surface area contributed by atoms with E-state index >= 15 is 0 Å². The molecule has 1 atom stereocenters. The van der Waals surface area contributed by atoms with Crippen LogP contribution in [0.25, 0.3) is 0 Å². The molecule has 116 valence electrons. The van der Waals surface area contributed by atoms with Gasteiger partial charge in [-0.25, -0.2) is 4.98 Å². The molecule has 0 radical (unpaired) electrons. The van der Waals surface area contributed by atoms with Gasteiger partial charge in [-0.05, 0) is 12.0 Å². The van der Waals surface area contributed by atoms with E-state index in [1.807, 2.05) is 30.3 Å². The topological polar surface area (TPSA) is 66.1 Å². The SMILES string of the molecule is CN(CCc1ncc[nH]1)C(=O)CC(C=O)Cc1ccccc1. The minimum Gasteiger partial charge on any atom is -0.349 e. The lowest BCUT2D eigenvalue weighted by molar-refractivity contribution is -0.132. The number of nitrogens with zero attached hydrogens (tertiary/aromatic N) is 2. The highest BCUT2D eigenvalue weighted by Gasteiger charge is 2.17. The number of hydrogen-bond acceptors (Lipinski definition) is 3. The van der Waals surface area contributed by atoms with Crippen LogP contribution in [-0.2, 0) is 22.4 Å². The van der Waals surface area contributed by atoms with E-state index in [2.05, 4.69) is 9.97 Å². The van der Waals surface area contributed by atoms with Crippen LogP contribution >= 0.6 is 0 Å². The van der Waals surface area contributed by atoms with E-state index in [9.17, 15) is 9.59 Å². The number of aldehydes is 1. The molecule has 1 unspecified atom stereocenters. The molecule has 0 saturated carbocycles. The van der Waals surface area contributed by atoms with Crippen molar-refractivity contribution in [3.05, 3.63) is 54.1 Å². The van der Waals surface area contributed by atoms with Gasteiger partial charge in [0.2, 0.25) is 5.91 Å². The molecule has 0 spiro atoms. The van der Waals surface area contributed by atoms with Gasteiger partial charge in [-0.15, -0.1) is 0 Å². The Labute approximate surface area is 130 Å². The number of likely N-dealkylation sites (N-methyl/N-ethyl adjacent to an activating group) is 1. The minimum absolute atomic E-state index is 0.0143. The summed E-state index contributed by atoms with van der Waals surface area (Å²) in [5.74, 6) is 0.566. The molecule has 0 bridgehead atoms. The first-order valence-corrected chi connectivity index (χ1v) is 7.40. The predicted molar refractivity (Wildman–Crippen MR) is 84.2 cm³/mol. The van der Waals surface area contributed by atoms with Crippen LogP contribution in [0.15, 0.2) is 42.7 Å². The van der Waals surface area contributed by atoms with Gasteiger partial charge in [0.1, 0.15) is 12.1 Å². The van der Waals surface area contributed by atoms with E-state index < -0.39 is 0 Å². The molecule has 5 nitrogen and oxygen atoms in total. The normalized spacial score (nSPS) is 11.9. The Bertz CT molecular complexity index is 581. The van der Waals surface area contributed by atoms with Gasteiger partial charge in [0.25, 0.3) is 0 Å². The molecular weight excluding hydrogens is 278 g/mol. The average molecular weight is 299 g/mol. The number of hydrogen-bond donors (Lipinski definition) is 1. The first-order valence-electron chi connectivity index (χ1n) is 7.40. The molecule has 22 heavy (non-hydrogen) atoms. The molecule has 5 heteroatoms. The van der Waals surface area contributed by atoms with Gasteiger partial charge in [0.05, 0.1) is 0 Å². The van der Waals surface area contributed by atoms with Gasteiger partial charge in [0, 0.05) is 44.7 Å². The van der Waals surface area contributed by atoms with Crippen LogP contribution in [0.5, 0.6) is 0 Å². The predicted octanol–water partition coefficient (Wildman–Crippen LogP) is 1.86. The van der Waals surface area contributed by atoms with E-state index in [0.29, 0.717) is 19.4 Å². The third-order valence-electron chi connectivity index (χ3n) is 3.63. The lowest BCUT2D eigenvalue weighted by Gasteiger charge is -2.18. The van der Waals surface area contributed by atoms with E-state index in [1.54, 1.807) is 24.3 Å². The summed E-state index contributed by atoms with van der Waals surface area (Å²) in [5.41, 5.74) is 1.07. The number of H-pyrrole nitrogens is 1. The summed E-state index contributed by atoms with van der Waals surface area (Å²) in [4.78, 5) is 32.2. The first kappa shape index (κ1) is 15.9. The van der Waals surface area contributed by atoms with Crippen LogP contribution < -0.4 is 0 Å². The van der Waals surface area contributed by atoms with E-state index in [1.165, 1.54) is 0 Å². The fourth-order valence-electron chi connectivity index (χ4n) is 2.30. The average Bonchev–Trinajstić information content (AvgIpc) is 3.06. The number of carbonyl (C=O) groups excluding carboxylic acids is 2. The highest BCUT2D eigenvalue weighted by molar-refractivity contribution is 5.79. The van der Waals surface area contributed by atoms with Crippen LogP contribution in [0, 0.1) is 5.92 Å². The smallest absolute Gasteiger partial charge is 0.223 e. The molecule has 1 N–H and O–H groups in total. The van der Waals surface area contributed by atoms with Crippen LogP contribution in [0.4, 0.5) is 0 Å². The van der Waals surface area contributed by atoms with Crippen molar-refractivity contribution in [1.29, 1.82) is 0 Å². The van der Waals surface area contributed by atoms with Gasteiger partial charge < -0.3 is 14.7 Å². The van der Waals surface area contributed by atoms with Crippen LogP contribution in [-0.4, -0.2) is 40.7 Å². The summed E-state index contributed by atoms with van der Waals surface area (Å²) in [6, 6.07) is 9.76. The van der Waals surface area contributed by atoms with Crippen molar-refractivity contribution in [2.75, 3.05) is 13.6 Å².